The van der Waals surface area contributed by atoms with Gasteiger partial charge in [0.25, 0.3) is 0 Å². The quantitative estimate of drug-likeness (QED) is 0.908. The number of nitrogens with zero attached hydrogens (tertiary/aromatic N) is 1. The van der Waals surface area contributed by atoms with Gasteiger partial charge in [-0.1, -0.05) is 19.1 Å². The third kappa shape index (κ3) is 3.50. The average molecular weight is 265 g/mol. The van der Waals surface area contributed by atoms with Crippen molar-refractivity contribution in [1.29, 1.82) is 0 Å². The van der Waals surface area contributed by atoms with Crippen LogP contribution in [0, 0.1) is 0 Å². The first kappa shape index (κ1) is 13.4. The van der Waals surface area contributed by atoms with Gasteiger partial charge in [-0.05, 0) is 24.1 Å². The lowest BCUT2D eigenvalue weighted by molar-refractivity contribution is 0.0697. The van der Waals surface area contributed by atoms with Gasteiger partial charge in [0, 0.05) is 30.6 Å². The van der Waals surface area contributed by atoms with Crippen molar-refractivity contribution >= 4 is 17.7 Å². The van der Waals surface area contributed by atoms with Crippen molar-refractivity contribution < 1.29 is 9.90 Å². The van der Waals surface area contributed by atoms with Crippen LogP contribution in [0.15, 0.2) is 24.3 Å². The van der Waals surface area contributed by atoms with E-state index in [2.05, 4.69) is 23.6 Å². The normalized spacial score (nSPS) is 20.8. The molecule has 4 heteroatoms. The monoisotopic (exact) mass is 265 g/mol. The molecule has 1 N–H and O–H groups in total. The molecule has 1 aromatic rings. The van der Waals surface area contributed by atoms with Crippen molar-refractivity contribution in [2.75, 3.05) is 18.8 Å². The number of aromatic carboxylic acids is 1. The number of carboxylic acids is 1. The Morgan fingerprint density at radius 1 is 1.44 bits per heavy atom. The van der Waals surface area contributed by atoms with Crippen molar-refractivity contribution in [2.45, 2.75) is 25.1 Å². The highest BCUT2D eigenvalue weighted by Crippen LogP contribution is 2.22. The second kappa shape index (κ2) is 6.25. The molecule has 98 valence electrons. The molecule has 1 atom stereocenters. The zero-order valence-electron chi connectivity index (χ0n) is 10.6. The number of carbonyl (C=O) groups is 1. The molecule has 0 aromatic heterocycles. The van der Waals surface area contributed by atoms with E-state index in [4.69, 9.17) is 5.11 Å². The van der Waals surface area contributed by atoms with E-state index in [0.29, 0.717) is 5.56 Å². The van der Waals surface area contributed by atoms with Gasteiger partial charge in [0.2, 0.25) is 0 Å². The topological polar surface area (TPSA) is 40.5 Å². The molecule has 1 saturated heterocycles. The highest BCUT2D eigenvalue weighted by Gasteiger charge is 2.18. The number of hydrogen-bond acceptors (Lipinski definition) is 3. The Morgan fingerprint density at radius 2 is 2.17 bits per heavy atom. The first-order chi connectivity index (χ1) is 8.69. The van der Waals surface area contributed by atoms with Crippen LogP contribution in [0.5, 0.6) is 0 Å². The van der Waals surface area contributed by atoms with Crippen molar-refractivity contribution in [3.63, 3.8) is 0 Å². The summed E-state index contributed by atoms with van der Waals surface area (Å²) in [4.78, 5) is 13.2. The summed E-state index contributed by atoms with van der Waals surface area (Å²) in [5.74, 6) is 0.341. The van der Waals surface area contributed by atoms with Crippen LogP contribution in [0.1, 0.15) is 29.3 Å². The summed E-state index contributed by atoms with van der Waals surface area (Å²) in [5.41, 5.74) is 1.56. The highest BCUT2D eigenvalue weighted by atomic mass is 32.2. The Balaban J connectivity index is 1.94. The summed E-state index contributed by atoms with van der Waals surface area (Å²) in [6.07, 6.45) is 1.22. The maximum atomic E-state index is 10.8. The molecular weight excluding hydrogens is 246 g/mol. The molecule has 1 aliphatic rings. The number of thioether (sulfide) groups is 1. The van der Waals surface area contributed by atoms with Gasteiger partial charge in [-0.3, -0.25) is 4.90 Å². The molecule has 0 aliphatic carbocycles. The molecular formula is C14H19NO2S. The minimum atomic E-state index is -0.859. The third-order valence-corrected chi connectivity index (χ3v) is 4.66. The molecule has 0 saturated carbocycles. The van der Waals surface area contributed by atoms with Gasteiger partial charge in [0.1, 0.15) is 0 Å². The van der Waals surface area contributed by atoms with E-state index in [1.807, 2.05) is 12.1 Å². The van der Waals surface area contributed by atoms with Gasteiger partial charge < -0.3 is 5.11 Å². The van der Waals surface area contributed by atoms with Gasteiger partial charge >= 0.3 is 5.97 Å². The molecule has 1 aliphatic heterocycles. The standard InChI is InChI=1S/C14H19NO2S/c1-2-13-10-15(7-8-18-13)9-11-3-5-12(6-4-11)14(16)17/h3-6,13H,2,7-10H2,1H3,(H,16,17). The van der Waals surface area contributed by atoms with Gasteiger partial charge in [-0.2, -0.15) is 11.8 Å². The lowest BCUT2D eigenvalue weighted by Gasteiger charge is -2.31. The van der Waals surface area contributed by atoms with E-state index in [1.165, 1.54) is 17.7 Å². The average Bonchev–Trinajstić information content (AvgIpc) is 2.39. The van der Waals surface area contributed by atoms with Gasteiger partial charge in [0.15, 0.2) is 0 Å². The zero-order chi connectivity index (χ0) is 13.0. The smallest absolute Gasteiger partial charge is 0.335 e. The van der Waals surface area contributed by atoms with Crippen LogP contribution in [0.25, 0.3) is 0 Å². The largest absolute Gasteiger partial charge is 0.478 e. The van der Waals surface area contributed by atoms with Crippen LogP contribution < -0.4 is 0 Å². The summed E-state index contributed by atoms with van der Waals surface area (Å²) >= 11 is 2.06. The molecule has 0 spiro atoms. The fourth-order valence-electron chi connectivity index (χ4n) is 2.18. The highest BCUT2D eigenvalue weighted by molar-refractivity contribution is 8.00. The van der Waals surface area contributed by atoms with Crippen molar-refractivity contribution in [3.8, 4) is 0 Å². The molecule has 18 heavy (non-hydrogen) atoms. The fraction of sp³-hybridized carbons (Fsp3) is 0.500. The minimum absolute atomic E-state index is 0.361. The van der Waals surface area contributed by atoms with Crippen molar-refractivity contribution in [1.82, 2.24) is 4.90 Å². The Morgan fingerprint density at radius 3 is 2.78 bits per heavy atom. The van der Waals surface area contributed by atoms with E-state index in [0.717, 1.165) is 24.9 Å². The van der Waals surface area contributed by atoms with E-state index in [1.54, 1.807) is 12.1 Å². The van der Waals surface area contributed by atoms with E-state index < -0.39 is 5.97 Å². The number of benzene rings is 1. The third-order valence-electron chi connectivity index (χ3n) is 3.29. The van der Waals surface area contributed by atoms with Crippen LogP contribution in [0.3, 0.4) is 0 Å². The molecule has 0 bridgehead atoms. The molecule has 1 heterocycles. The maximum Gasteiger partial charge on any atom is 0.335 e. The number of hydrogen-bond donors (Lipinski definition) is 1. The van der Waals surface area contributed by atoms with E-state index >= 15 is 0 Å². The molecule has 0 radical (unpaired) electrons. The summed E-state index contributed by atoms with van der Waals surface area (Å²) in [5, 5.41) is 9.60. The SMILES string of the molecule is CCC1CN(Cc2ccc(C(=O)O)cc2)CCS1. The lowest BCUT2D eigenvalue weighted by atomic mass is 10.1. The van der Waals surface area contributed by atoms with Crippen LogP contribution in [0.4, 0.5) is 0 Å². The Hall–Kier alpha value is -1.00. The number of carboxylic acid groups (broad SMARTS) is 1. The molecule has 3 nitrogen and oxygen atoms in total. The maximum absolute atomic E-state index is 10.8. The molecule has 1 unspecified atom stereocenters. The van der Waals surface area contributed by atoms with Crippen molar-refractivity contribution in [2.24, 2.45) is 0 Å². The van der Waals surface area contributed by atoms with E-state index in [9.17, 15) is 4.79 Å². The van der Waals surface area contributed by atoms with Gasteiger partial charge in [-0.25, -0.2) is 4.79 Å². The van der Waals surface area contributed by atoms with Crippen LogP contribution in [-0.4, -0.2) is 40.1 Å². The summed E-state index contributed by atoms with van der Waals surface area (Å²) in [6, 6.07) is 7.22. The van der Waals surface area contributed by atoms with E-state index in [-0.39, 0.29) is 0 Å². The Bertz CT molecular complexity index is 405. The predicted molar refractivity (Wildman–Crippen MR) is 75.2 cm³/mol. The molecule has 0 amide bonds. The molecule has 1 fully saturated rings. The van der Waals surface area contributed by atoms with Crippen LogP contribution >= 0.6 is 11.8 Å². The minimum Gasteiger partial charge on any atom is -0.478 e. The first-order valence-electron chi connectivity index (χ1n) is 6.35. The summed E-state index contributed by atoms with van der Waals surface area (Å²) in [6.45, 7) is 5.43. The number of rotatable bonds is 4. The summed E-state index contributed by atoms with van der Waals surface area (Å²) in [7, 11) is 0. The lowest BCUT2D eigenvalue weighted by Crippen LogP contribution is -2.37. The van der Waals surface area contributed by atoms with Crippen molar-refractivity contribution in [3.05, 3.63) is 35.4 Å². The molecule has 2 rings (SSSR count). The Kier molecular flexibility index (Phi) is 4.66. The first-order valence-corrected chi connectivity index (χ1v) is 7.40. The second-order valence-electron chi connectivity index (χ2n) is 4.64. The van der Waals surface area contributed by atoms with Crippen LogP contribution in [0.2, 0.25) is 0 Å². The fourth-order valence-corrected chi connectivity index (χ4v) is 3.43. The summed E-state index contributed by atoms with van der Waals surface area (Å²) < 4.78 is 0. The van der Waals surface area contributed by atoms with Gasteiger partial charge in [0.05, 0.1) is 5.56 Å². The zero-order valence-corrected chi connectivity index (χ0v) is 11.4. The Labute approximate surface area is 112 Å². The second-order valence-corrected chi connectivity index (χ2v) is 6.05. The predicted octanol–water partition coefficient (Wildman–Crippen LogP) is 2.71. The van der Waals surface area contributed by atoms with Crippen LogP contribution in [-0.2, 0) is 6.54 Å². The van der Waals surface area contributed by atoms with Gasteiger partial charge in [-0.15, -0.1) is 0 Å². The molecule has 1 aromatic carbocycles.